The number of halogens is 1. The zero-order chi connectivity index (χ0) is 28.4. The smallest absolute Gasteiger partial charge is 0.404 e. The largest absolute Gasteiger partial charge is 0.465 e. The van der Waals surface area contributed by atoms with Crippen molar-refractivity contribution in [2.75, 3.05) is 31.6 Å². The monoisotopic (exact) mass is 554 g/mol. The predicted octanol–water partition coefficient (Wildman–Crippen LogP) is 4.27. The van der Waals surface area contributed by atoms with Crippen molar-refractivity contribution in [3.05, 3.63) is 42.1 Å². The van der Waals surface area contributed by atoms with Crippen molar-refractivity contribution in [3.63, 3.8) is 0 Å². The van der Waals surface area contributed by atoms with E-state index >= 15 is 0 Å². The molecule has 2 amide bonds. The molecule has 10 nitrogen and oxygen atoms in total. The predicted molar refractivity (Wildman–Crippen MR) is 148 cm³/mol. The van der Waals surface area contributed by atoms with Gasteiger partial charge in [0.1, 0.15) is 17.9 Å². The van der Waals surface area contributed by atoms with E-state index in [4.69, 9.17) is 9.84 Å². The summed E-state index contributed by atoms with van der Waals surface area (Å²) in [5.74, 6) is 1.16. The van der Waals surface area contributed by atoms with Gasteiger partial charge in [0.15, 0.2) is 11.6 Å². The Kier molecular flexibility index (Phi) is 8.11. The van der Waals surface area contributed by atoms with Crippen LogP contribution in [0.1, 0.15) is 62.7 Å². The third-order valence-corrected chi connectivity index (χ3v) is 8.73. The number of carbonyl (C=O) groups is 2. The maximum atomic E-state index is 14.1. The molecule has 3 aliphatic rings. The number of anilines is 1. The minimum Gasteiger partial charge on any atom is -0.465 e. The highest BCUT2D eigenvalue weighted by Gasteiger charge is 2.53. The van der Waals surface area contributed by atoms with Crippen LogP contribution in [0.5, 0.6) is 11.5 Å². The number of nitrogens with zero attached hydrogens (tertiary/aromatic N) is 4. The lowest BCUT2D eigenvalue weighted by Gasteiger charge is -2.59. The lowest BCUT2D eigenvalue weighted by molar-refractivity contribution is 0.0445. The molecule has 0 unspecified atom stereocenters. The van der Waals surface area contributed by atoms with E-state index in [9.17, 15) is 14.0 Å². The Labute approximate surface area is 234 Å². The van der Waals surface area contributed by atoms with Crippen LogP contribution in [0.15, 0.2) is 30.7 Å². The summed E-state index contributed by atoms with van der Waals surface area (Å²) in [5.41, 5.74) is 0.422. The summed E-state index contributed by atoms with van der Waals surface area (Å²) in [5, 5.41) is 15.2. The third kappa shape index (κ3) is 6.14. The molecule has 11 heteroatoms. The maximum absolute atomic E-state index is 14.1. The van der Waals surface area contributed by atoms with Gasteiger partial charge < -0.3 is 30.3 Å². The molecule has 0 bridgehead atoms. The first kappa shape index (κ1) is 28.1. The number of amides is 2. The van der Waals surface area contributed by atoms with Gasteiger partial charge in [0.25, 0.3) is 5.91 Å². The van der Waals surface area contributed by atoms with Crippen LogP contribution in [-0.2, 0) is 0 Å². The molecule has 1 aromatic heterocycles. The average molecular weight is 555 g/mol. The highest BCUT2D eigenvalue weighted by molar-refractivity contribution is 5.97. The number of carboxylic acid groups (broad SMARTS) is 1. The molecule has 1 aliphatic heterocycles. The van der Waals surface area contributed by atoms with Gasteiger partial charge in [-0.05, 0) is 83.0 Å². The van der Waals surface area contributed by atoms with Crippen molar-refractivity contribution in [2.45, 2.75) is 70.5 Å². The van der Waals surface area contributed by atoms with Gasteiger partial charge in [-0.15, -0.1) is 0 Å². The van der Waals surface area contributed by atoms with E-state index in [0.717, 1.165) is 58.2 Å². The van der Waals surface area contributed by atoms with E-state index in [0.29, 0.717) is 23.5 Å². The van der Waals surface area contributed by atoms with Gasteiger partial charge in [0.2, 0.25) is 0 Å². The van der Waals surface area contributed by atoms with E-state index in [1.54, 1.807) is 18.1 Å². The van der Waals surface area contributed by atoms with Crippen LogP contribution in [-0.4, -0.2) is 76.8 Å². The molecule has 3 N–H and O–H groups in total. The summed E-state index contributed by atoms with van der Waals surface area (Å²) in [7, 11) is 1.68. The van der Waals surface area contributed by atoms with Crippen molar-refractivity contribution < 1.29 is 23.8 Å². The Morgan fingerprint density at radius 1 is 1.18 bits per heavy atom. The summed E-state index contributed by atoms with van der Waals surface area (Å²) in [4.78, 5) is 36.2. The van der Waals surface area contributed by atoms with Crippen LogP contribution in [0.25, 0.3) is 0 Å². The maximum Gasteiger partial charge on any atom is 0.404 e. The molecule has 0 radical (unpaired) electrons. The Morgan fingerprint density at radius 3 is 2.58 bits per heavy atom. The first-order valence-electron chi connectivity index (χ1n) is 14.1. The minimum absolute atomic E-state index is 0.0477. The lowest BCUT2D eigenvalue weighted by atomic mass is 9.60. The molecule has 2 heterocycles. The zero-order valence-corrected chi connectivity index (χ0v) is 23.4. The Hall–Kier alpha value is -3.47. The fraction of sp³-hybridized carbons (Fsp3) is 0.586. The SMILES string of the molecule is CC(C)N(C)C(=O)c1cc(F)ccc1Oc1cncnc1N1CC2(CC(NCC3CCC(NC(=O)O)CC3)C2)C1. The van der Waals surface area contributed by atoms with Gasteiger partial charge in [-0.1, -0.05) is 0 Å². The van der Waals surface area contributed by atoms with Crippen molar-refractivity contribution >= 4 is 17.8 Å². The highest BCUT2D eigenvalue weighted by atomic mass is 19.1. The second kappa shape index (κ2) is 11.6. The summed E-state index contributed by atoms with van der Waals surface area (Å²) in [6.07, 6.45) is 8.29. The van der Waals surface area contributed by atoms with Crippen LogP contribution < -0.4 is 20.3 Å². The van der Waals surface area contributed by atoms with Crippen molar-refractivity contribution in [2.24, 2.45) is 11.3 Å². The number of aromatic nitrogens is 2. The van der Waals surface area contributed by atoms with Gasteiger partial charge >= 0.3 is 6.09 Å². The summed E-state index contributed by atoms with van der Waals surface area (Å²) in [6, 6.07) is 4.51. The van der Waals surface area contributed by atoms with Crippen LogP contribution in [0.4, 0.5) is 15.0 Å². The van der Waals surface area contributed by atoms with Crippen molar-refractivity contribution in [1.82, 2.24) is 25.5 Å². The normalized spacial score (nSPS) is 22.0. The van der Waals surface area contributed by atoms with Crippen molar-refractivity contribution in [3.8, 4) is 11.5 Å². The first-order chi connectivity index (χ1) is 19.1. The van der Waals surface area contributed by atoms with Crippen LogP contribution >= 0.6 is 0 Å². The van der Waals surface area contributed by atoms with Crippen molar-refractivity contribution in [1.29, 1.82) is 0 Å². The molecule has 1 spiro atoms. The lowest BCUT2D eigenvalue weighted by Crippen LogP contribution is -2.66. The van der Waals surface area contributed by atoms with Gasteiger partial charge in [-0.2, -0.15) is 0 Å². The fourth-order valence-electron chi connectivity index (χ4n) is 6.24. The van der Waals surface area contributed by atoms with E-state index in [1.807, 2.05) is 13.8 Å². The fourth-order valence-corrected chi connectivity index (χ4v) is 6.24. The van der Waals surface area contributed by atoms with Gasteiger partial charge in [-0.3, -0.25) is 4.79 Å². The molecular formula is C29H39FN6O4. The van der Waals surface area contributed by atoms with E-state index in [2.05, 4.69) is 25.5 Å². The highest BCUT2D eigenvalue weighted by Crippen LogP contribution is 2.51. The quantitative estimate of drug-likeness (QED) is 0.420. The molecule has 5 rings (SSSR count). The molecule has 2 aliphatic carbocycles. The van der Waals surface area contributed by atoms with Gasteiger partial charge in [0, 0.05) is 43.7 Å². The second-order valence-electron chi connectivity index (χ2n) is 12.0. The molecular weight excluding hydrogens is 515 g/mol. The second-order valence-corrected chi connectivity index (χ2v) is 12.0. The number of nitrogens with one attached hydrogen (secondary N) is 2. The number of rotatable bonds is 9. The standard InChI is InChI=1S/C29H39FN6O4/c1-18(2)35(3)27(37)23-10-20(30)6-9-24(23)40-25-14-31-17-33-26(25)36-15-29(16-36)11-22(12-29)32-13-19-4-7-21(8-5-19)34-28(38)39/h6,9-10,14,17-19,21-22,32,34H,4-5,7-8,11-13,15-16H2,1-3H3,(H,38,39). The van der Waals surface area contributed by atoms with Gasteiger partial charge in [0.05, 0.1) is 11.8 Å². The van der Waals surface area contributed by atoms with Gasteiger partial charge in [-0.25, -0.2) is 19.2 Å². The van der Waals surface area contributed by atoms with Crippen LogP contribution in [0.2, 0.25) is 0 Å². The summed E-state index contributed by atoms with van der Waals surface area (Å²) >= 11 is 0. The number of benzene rings is 1. The molecule has 1 aromatic carbocycles. The van der Waals surface area contributed by atoms with E-state index in [1.165, 1.54) is 24.5 Å². The topological polar surface area (TPSA) is 120 Å². The minimum atomic E-state index is -0.929. The molecule has 216 valence electrons. The Balaban J connectivity index is 1.14. The zero-order valence-electron chi connectivity index (χ0n) is 23.4. The summed E-state index contributed by atoms with van der Waals surface area (Å²) in [6.45, 7) is 6.52. The molecule has 2 aromatic rings. The Bertz CT molecular complexity index is 1220. The molecule has 0 atom stereocenters. The van der Waals surface area contributed by atoms with Crippen LogP contribution in [0.3, 0.4) is 0 Å². The number of hydrogen-bond donors (Lipinski definition) is 3. The summed E-state index contributed by atoms with van der Waals surface area (Å²) < 4.78 is 20.2. The first-order valence-corrected chi connectivity index (χ1v) is 14.1. The van der Waals surface area contributed by atoms with E-state index < -0.39 is 11.9 Å². The average Bonchev–Trinajstić information content (AvgIpc) is 2.88. The van der Waals surface area contributed by atoms with Crippen LogP contribution in [0, 0.1) is 17.2 Å². The van der Waals surface area contributed by atoms with E-state index in [-0.39, 0.29) is 34.7 Å². The molecule has 3 fully saturated rings. The molecule has 40 heavy (non-hydrogen) atoms. The molecule has 1 saturated heterocycles. The molecule has 2 saturated carbocycles. The number of ether oxygens (including phenoxy) is 1. The number of hydrogen-bond acceptors (Lipinski definition) is 7. The third-order valence-electron chi connectivity index (χ3n) is 8.73. The Morgan fingerprint density at radius 2 is 1.90 bits per heavy atom. The number of carbonyl (C=O) groups excluding carboxylic acids is 1.